The minimum absolute atomic E-state index is 0.0603. The molecule has 0 bridgehead atoms. The van der Waals surface area contributed by atoms with E-state index in [1.54, 1.807) is 30.3 Å². The molecule has 206 valence electrons. The minimum Gasteiger partial charge on any atom is -0.481 e. The molecule has 39 heavy (non-hydrogen) atoms. The van der Waals surface area contributed by atoms with E-state index >= 15 is 0 Å². The summed E-state index contributed by atoms with van der Waals surface area (Å²) in [6.45, 7) is 3.99. The fourth-order valence-corrected chi connectivity index (χ4v) is 5.96. The number of pyridine rings is 1. The predicted octanol–water partition coefficient (Wildman–Crippen LogP) is 2.74. The Morgan fingerprint density at radius 2 is 1.77 bits per heavy atom. The van der Waals surface area contributed by atoms with Gasteiger partial charge in [0, 0.05) is 66.8 Å². The van der Waals surface area contributed by atoms with Crippen LogP contribution in [0.2, 0.25) is 0 Å². The van der Waals surface area contributed by atoms with Crippen molar-refractivity contribution in [1.82, 2.24) is 19.8 Å². The number of nitrogens with zero attached hydrogens (tertiary/aromatic N) is 4. The number of aromatic amines is 1. The zero-order valence-electron chi connectivity index (χ0n) is 22.4. The van der Waals surface area contributed by atoms with Crippen molar-refractivity contribution in [2.45, 2.75) is 4.90 Å². The maximum absolute atomic E-state index is 13.6. The molecule has 1 amide bonds. The summed E-state index contributed by atoms with van der Waals surface area (Å²) in [5, 5.41) is 4.59. The first-order chi connectivity index (χ1) is 18.7. The number of aromatic nitrogens is 2. The molecule has 4 aromatic rings. The van der Waals surface area contributed by atoms with Crippen molar-refractivity contribution in [3.63, 3.8) is 0 Å². The number of piperazine rings is 1. The molecule has 0 saturated carbocycles. The molecular weight excluding hydrogens is 520 g/mol. The van der Waals surface area contributed by atoms with Crippen molar-refractivity contribution in [2.75, 3.05) is 70.7 Å². The van der Waals surface area contributed by atoms with Crippen LogP contribution in [0.15, 0.2) is 53.4 Å². The van der Waals surface area contributed by atoms with Crippen LogP contribution >= 0.6 is 0 Å². The highest BCUT2D eigenvalue weighted by atomic mass is 32.2. The van der Waals surface area contributed by atoms with Crippen molar-refractivity contribution < 1.29 is 22.7 Å². The van der Waals surface area contributed by atoms with Gasteiger partial charge in [-0.2, -0.15) is 4.98 Å². The van der Waals surface area contributed by atoms with E-state index in [4.69, 9.17) is 9.47 Å². The van der Waals surface area contributed by atoms with Gasteiger partial charge in [-0.05, 0) is 43.4 Å². The Kier molecular flexibility index (Phi) is 7.34. The average molecular weight is 553 g/mol. The number of nitrogens with one attached hydrogen (secondary N) is 2. The van der Waals surface area contributed by atoms with Crippen LogP contribution in [0.5, 0.6) is 11.8 Å². The van der Waals surface area contributed by atoms with Gasteiger partial charge in [-0.3, -0.25) is 14.0 Å². The normalized spacial score (nSPS) is 15.0. The standard InChI is InChI=1S/C27H32N6O5S/c1-31-11-13-33(14-12-31)17-25(34)28-18-5-7-20-21-16-19(6-8-22(21)29-23(20)15-18)39(35,36)32(2)24-9-10-26(37-3)30-27(24)38-4/h5-10,15-16,29H,11-14,17H2,1-4H3,(H,28,34). The van der Waals surface area contributed by atoms with Crippen LogP contribution in [0.25, 0.3) is 21.8 Å². The van der Waals surface area contributed by atoms with Gasteiger partial charge in [0.1, 0.15) is 5.69 Å². The summed E-state index contributed by atoms with van der Waals surface area (Å²) in [6.07, 6.45) is 0. The van der Waals surface area contributed by atoms with Crippen LogP contribution in [0.1, 0.15) is 0 Å². The molecule has 0 unspecified atom stereocenters. The lowest BCUT2D eigenvalue weighted by Crippen LogP contribution is -2.47. The number of rotatable bonds is 8. The number of anilines is 2. The summed E-state index contributed by atoms with van der Waals surface area (Å²) < 4.78 is 38.7. The Labute approximate surface area is 227 Å². The molecule has 1 fully saturated rings. The molecule has 3 heterocycles. The summed E-state index contributed by atoms with van der Waals surface area (Å²) in [5.74, 6) is 0.391. The maximum atomic E-state index is 13.6. The lowest BCUT2D eigenvalue weighted by molar-refractivity contribution is -0.117. The lowest BCUT2D eigenvalue weighted by Gasteiger charge is -2.31. The molecule has 1 aliphatic rings. The number of sulfonamides is 1. The summed E-state index contributed by atoms with van der Waals surface area (Å²) in [5.41, 5.74) is 2.55. The molecule has 0 atom stereocenters. The number of likely N-dealkylation sites (N-methyl/N-ethyl adjacent to an activating group) is 1. The van der Waals surface area contributed by atoms with Crippen LogP contribution in [-0.4, -0.2) is 95.1 Å². The smallest absolute Gasteiger partial charge is 0.264 e. The molecule has 11 nitrogen and oxygen atoms in total. The fourth-order valence-electron chi connectivity index (χ4n) is 4.74. The first-order valence-corrected chi connectivity index (χ1v) is 14.0. The molecule has 0 radical (unpaired) electrons. The molecule has 2 aromatic heterocycles. The number of hydrogen-bond donors (Lipinski definition) is 2. The zero-order valence-corrected chi connectivity index (χ0v) is 23.2. The van der Waals surface area contributed by atoms with E-state index in [0.717, 1.165) is 52.3 Å². The van der Waals surface area contributed by atoms with Crippen molar-refractivity contribution in [3.05, 3.63) is 48.5 Å². The van der Waals surface area contributed by atoms with Gasteiger partial charge in [-0.25, -0.2) is 8.42 Å². The first kappa shape index (κ1) is 26.7. The van der Waals surface area contributed by atoms with E-state index < -0.39 is 10.0 Å². The molecule has 0 spiro atoms. The second-order valence-corrected chi connectivity index (χ2v) is 11.5. The molecule has 12 heteroatoms. The highest BCUT2D eigenvalue weighted by Gasteiger charge is 2.26. The number of H-pyrrole nitrogens is 1. The highest BCUT2D eigenvalue weighted by Crippen LogP contribution is 2.34. The van der Waals surface area contributed by atoms with E-state index in [1.807, 2.05) is 18.2 Å². The van der Waals surface area contributed by atoms with Crippen LogP contribution in [-0.2, 0) is 14.8 Å². The van der Waals surface area contributed by atoms with Gasteiger partial charge in [0.2, 0.25) is 17.7 Å². The SMILES string of the molecule is COc1ccc(N(C)S(=O)(=O)c2ccc3[nH]c4cc(NC(=O)CN5CCN(C)CC5)ccc4c3c2)c(OC)n1. The van der Waals surface area contributed by atoms with Crippen molar-refractivity contribution in [1.29, 1.82) is 0 Å². The zero-order chi connectivity index (χ0) is 27.7. The quantitative estimate of drug-likeness (QED) is 0.343. The van der Waals surface area contributed by atoms with E-state index in [1.165, 1.54) is 21.3 Å². The third kappa shape index (κ3) is 5.35. The third-order valence-electron chi connectivity index (χ3n) is 7.03. The van der Waals surface area contributed by atoms with Crippen molar-refractivity contribution in [3.8, 4) is 11.8 Å². The average Bonchev–Trinajstić information content (AvgIpc) is 3.30. The Morgan fingerprint density at radius 1 is 1.00 bits per heavy atom. The van der Waals surface area contributed by atoms with E-state index in [2.05, 4.69) is 32.1 Å². The van der Waals surface area contributed by atoms with Crippen LogP contribution in [0.4, 0.5) is 11.4 Å². The topological polar surface area (TPSA) is 120 Å². The van der Waals surface area contributed by atoms with Crippen LogP contribution in [0, 0.1) is 0 Å². The summed E-state index contributed by atoms with van der Waals surface area (Å²) in [6, 6.07) is 13.7. The van der Waals surface area contributed by atoms with Gasteiger partial charge in [-0.15, -0.1) is 0 Å². The van der Waals surface area contributed by atoms with Crippen molar-refractivity contribution >= 4 is 49.1 Å². The molecule has 0 aliphatic carbocycles. The van der Waals surface area contributed by atoms with E-state index in [-0.39, 0.29) is 22.4 Å². The number of carbonyl (C=O) groups excluding carboxylic acids is 1. The fraction of sp³-hybridized carbons (Fsp3) is 0.333. The summed E-state index contributed by atoms with van der Waals surface area (Å²) in [7, 11) is 2.51. The van der Waals surface area contributed by atoms with Gasteiger partial charge >= 0.3 is 0 Å². The maximum Gasteiger partial charge on any atom is 0.264 e. The molecule has 2 N–H and O–H groups in total. The number of ether oxygens (including phenoxy) is 2. The minimum atomic E-state index is -3.93. The van der Waals surface area contributed by atoms with E-state index in [9.17, 15) is 13.2 Å². The summed E-state index contributed by atoms with van der Waals surface area (Å²) >= 11 is 0. The Bertz CT molecular complexity index is 1630. The Hall–Kier alpha value is -3.87. The van der Waals surface area contributed by atoms with Gasteiger partial charge in [0.05, 0.1) is 25.7 Å². The van der Waals surface area contributed by atoms with E-state index in [0.29, 0.717) is 18.1 Å². The number of carbonyl (C=O) groups is 1. The van der Waals surface area contributed by atoms with Gasteiger partial charge in [0.25, 0.3) is 10.0 Å². The van der Waals surface area contributed by atoms with Gasteiger partial charge in [0.15, 0.2) is 0 Å². The first-order valence-electron chi connectivity index (χ1n) is 12.5. The second kappa shape index (κ2) is 10.7. The Morgan fingerprint density at radius 3 is 2.49 bits per heavy atom. The Balaban J connectivity index is 1.39. The largest absolute Gasteiger partial charge is 0.481 e. The highest BCUT2D eigenvalue weighted by molar-refractivity contribution is 7.92. The molecular formula is C27H32N6O5S. The number of fused-ring (bicyclic) bond motifs is 3. The number of methoxy groups -OCH3 is 2. The number of benzene rings is 2. The van der Waals surface area contributed by atoms with Crippen LogP contribution in [0.3, 0.4) is 0 Å². The third-order valence-corrected chi connectivity index (χ3v) is 8.80. The predicted molar refractivity (Wildman–Crippen MR) is 151 cm³/mol. The van der Waals surface area contributed by atoms with Gasteiger partial charge < -0.3 is 24.7 Å². The van der Waals surface area contributed by atoms with Crippen LogP contribution < -0.4 is 19.1 Å². The van der Waals surface area contributed by atoms with Gasteiger partial charge in [-0.1, -0.05) is 6.07 Å². The molecule has 2 aromatic carbocycles. The second-order valence-electron chi connectivity index (χ2n) is 9.57. The molecule has 5 rings (SSSR count). The summed E-state index contributed by atoms with van der Waals surface area (Å²) in [4.78, 5) is 24.7. The lowest BCUT2D eigenvalue weighted by atomic mass is 10.1. The molecule has 1 saturated heterocycles. The number of hydrogen-bond acceptors (Lipinski definition) is 8. The number of amides is 1. The van der Waals surface area contributed by atoms with Crippen molar-refractivity contribution in [2.24, 2.45) is 0 Å². The molecule has 1 aliphatic heterocycles. The monoisotopic (exact) mass is 552 g/mol.